The molecular formula is C15H24N4O2. The van der Waals surface area contributed by atoms with E-state index in [0.717, 1.165) is 19.4 Å². The van der Waals surface area contributed by atoms with Crippen molar-refractivity contribution >= 4 is 17.5 Å². The van der Waals surface area contributed by atoms with Gasteiger partial charge in [0.25, 0.3) is 5.91 Å². The van der Waals surface area contributed by atoms with Crippen molar-refractivity contribution in [3.63, 3.8) is 0 Å². The van der Waals surface area contributed by atoms with Crippen molar-refractivity contribution in [1.82, 2.24) is 15.6 Å². The van der Waals surface area contributed by atoms with E-state index in [1.807, 2.05) is 13.8 Å². The van der Waals surface area contributed by atoms with E-state index in [4.69, 9.17) is 0 Å². The lowest BCUT2D eigenvalue weighted by atomic mass is 10.2. The van der Waals surface area contributed by atoms with Crippen molar-refractivity contribution in [2.24, 2.45) is 0 Å². The molecule has 1 unspecified atom stereocenters. The van der Waals surface area contributed by atoms with Crippen molar-refractivity contribution in [1.29, 1.82) is 0 Å². The maximum Gasteiger partial charge on any atom is 0.254 e. The second-order valence-corrected chi connectivity index (χ2v) is 4.83. The fourth-order valence-corrected chi connectivity index (χ4v) is 1.73. The Kier molecular flexibility index (Phi) is 7.21. The van der Waals surface area contributed by atoms with E-state index in [0.29, 0.717) is 17.8 Å². The van der Waals surface area contributed by atoms with Gasteiger partial charge in [0.1, 0.15) is 6.04 Å². The number of pyridine rings is 1. The van der Waals surface area contributed by atoms with Crippen LogP contribution < -0.4 is 16.0 Å². The first kappa shape index (κ1) is 16.9. The van der Waals surface area contributed by atoms with Crippen LogP contribution in [0.2, 0.25) is 0 Å². The minimum atomic E-state index is -0.573. The lowest BCUT2D eigenvalue weighted by molar-refractivity contribution is -0.122. The first-order valence-corrected chi connectivity index (χ1v) is 7.36. The number of nitrogens with one attached hydrogen (secondary N) is 3. The van der Waals surface area contributed by atoms with E-state index in [1.54, 1.807) is 25.4 Å². The van der Waals surface area contributed by atoms with Crippen LogP contribution >= 0.6 is 0 Å². The molecule has 0 aliphatic heterocycles. The summed E-state index contributed by atoms with van der Waals surface area (Å²) >= 11 is 0. The molecule has 1 aromatic rings. The van der Waals surface area contributed by atoms with E-state index < -0.39 is 6.04 Å². The topological polar surface area (TPSA) is 83.1 Å². The molecule has 1 aromatic heterocycles. The van der Waals surface area contributed by atoms with Crippen LogP contribution in [0.1, 0.15) is 44.0 Å². The summed E-state index contributed by atoms with van der Waals surface area (Å²) in [7, 11) is 0. The van der Waals surface area contributed by atoms with E-state index in [9.17, 15) is 9.59 Å². The molecule has 21 heavy (non-hydrogen) atoms. The van der Waals surface area contributed by atoms with E-state index in [-0.39, 0.29) is 11.8 Å². The number of nitrogens with zero attached hydrogens (tertiary/aromatic N) is 1. The molecule has 116 valence electrons. The van der Waals surface area contributed by atoms with Crippen LogP contribution in [0.25, 0.3) is 0 Å². The third-order valence-electron chi connectivity index (χ3n) is 2.92. The normalized spacial score (nSPS) is 11.6. The quantitative estimate of drug-likeness (QED) is 0.679. The molecule has 0 aliphatic rings. The summed E-state index contributed by atoms with van der Waals surface area (Å²) < 4.78 is 0. The third kappa shape index (κ3) is 5.41. The zero-order chi connectivity index (χ0) is 15.7. The highest BCUT2D eigenvalue weighted by Gasteiger charge is 2.18. The Balaban J connectivity index is 2.68. The molecule has 1 heterocycles. The average Bonchev–Trinajstić information content (AvgIpc) is 2.50. The van der Waals surface area contributed by atoms with Crippen LogP contribution in [0.4, 0.5) is 5.69 Å². The van der Waals surface area contributed by atoms with Crippen LogP contribution in [0.5, 0.6) is 0 Å². The highest BCUT2D eigenvalue weighted by molar-refractivity contribution is 6.01. The molecule has 6 nitrogen and oxygen atoms in total. The smallest absolute Gasteiger partial charge is 0.254 e. The van der Waals surface area contributed by atoms with Gasteiger partial charge >= 0.3 is 0 Å². The van der Waals surface area contributed by atoms with Gasteiger partial charge in [-0.05, 0) is 25.8 Å². The summed E-state index contributed by atoms with van der Waals surface area (Å²) in [6.45, 7) is 7.06. The number of hydrogen-bond donors (Lipinski definition) is 3. The number of anilines is 1. The van der Waals surface area contributed by atoms with E-state index >= 15 is 0 Å². The number of hydrogen-bond acceptors (Lipinski definition) is 4. The zero-order valence-electron chi connectivity index (χ0n) is 12.9. The Bertz CT molecular complexity index is 476. The summed E-state index contributed by atoms with van der Waals surface area (Å²) in [5.41, 5.74) is 1.17. The van der Waals surface area contributed by atoms with Gasteiger partial charge < -0.3 is 16.0 Å². The minimum Gasteiger partial charge on any atom is -0.383 e. The SMILES string of the molecule is CCCNC(=O)C(C)NC(=O)c1ccncc1NCCC. The zero-order valence-corrected chi connectivity index (χ0v) is 12.9. The number of amides is 2. The Labute approximate surface area is 125 Å². The molecular weight excluding hydrogens is 268 g/mol. The lowest BCUT2D eigenvalue weighted by Gasteiger charge is -2.15. The van der Waals surface area contributed by atoms with E-state index in [2.05, 4.69) is 20.9 Å². The predicted octanol–water partition coefficient (Wildman–Crippen LogP) is 1.55. The lowest BCUT2D eigenvalue weighted by Crippen LogP contribution is -2.45. The van der Waals surface area contributed by atoms with Gasteiger partial charge in [-0.1, -0.05) is 13.8 Å². The monoisotopic (exact) mass is 292 g/mol. The molecule has 6 heteroatoms. The molecule has 0 aromatic carbocycles. The van der Waals surface area contributed by atoms with Crippen LogP contribution in [-0.4, -0.2) is 35.9 Å². The molecule has 1 rings (SSSR count). The van der Waals surface area contributed by atoms with Crippen LogP contribution in [0.3, 0.4) is 0 Å². The van der Waals surface area contributed by atoms with Gasteiger partial charge in [-0.3, -0.25) is 14.6 Å². The summed E-state index contributed by atoms with van der Waals surface area (Å²) in [4.78, 5) is 28.0. The molecule has 0 radical (unpaired) electrons. The largest absolute Gasteiger partial charge is 0.383 e. The van der Waals surface area contributed by atoms with Crippen molar-refractivity contribution in [3.8, 4) is 0 Å². The summed E-state index contributed by atoms with van der Waals surface area (Å²) in [5, 5.41) is 8.62. The van der Waals surface area contributed by atoms with Crippen molar-refractivity contribution in [2.45, 2.75) is 39.7 Å². The van der Waals surface area contributed by atoms with Gasteiger partial charge in [-0.25, -0.2) is 0 Å². The third-order valence-corrected chi connectivity index (χ3v) is 2.92. The second-order valence-electron chi connectivity index (χ2n) is 4.83. The molecule has 0 saturated carbocycles. The van der Waals surface area contributed by atoms with Crippen molar-refractivity contribution < 1.29 is 9.59 Å². The van der Waals surface area contributed by atoms with Gasteiger partial charge in [0, 0.05) is 19.3 Å². The van der Waals surface area contributed by atoms with Gasteiger partial charge in [0.05, 0.1) is 17.4 Å². The maximum atomic E-state index is 12.3. The van der Waals surface area contributed by atoms with Crippen molar-refractivity contribution in [2.75, 3.05) is 18.4 Å². The number of aromatic nitrogens is 1. The second kappa shape index (κ2) is 8.94. The van der Waals surface area contributed by atoms with Gasteiger partial charge in [-0.2, -0.15) is 0 Å². The van der Waals surface area contributed by atoms with Crippen LogP contribution in [0.15, 0.2) is 18.5 Å². The molecule has 0 spiro atoms. The highest BCUT2D eigenvalue weighted by atomic mass is 16.2. The number of carbonyl (C=O) groups is 2. The van der Waals surface area contributed by atoms with E-state index in [1.165, 1.54) is 0 Å². The Morgan fingerprint density at radius 3 is 2.62 bits per heavy atom. The number of rotatable bonds is 8. The van der Waals surface area contributed by atoms with Gasteiger partial charge in [0.15, 0.2) is 0 Å². The predicted molar refractivity (Wildman–Crippen MR) is 83.2 cm³/mol. The van der Waals surface area contributed by atoms with Gasteiger partial charge in [0.2, 0.25) is 5.91 Å². The molecule has 0 bridgehead atoms. The first-order valence-electron chi connectivity index (χ1n) is 7.36. The standard InChI is InChI=1S/C15H24N4O2/c1-4-7-17-13-10-16-9-6-12(13)15(21)19-11(3)14(20)18-8-5-2/h6,9-11,17H,4-5,7-8H2,1-3H3,(H,18,20)(H,19,21). The molecule has 0 fully saturated rings. The fourth-order valence-electron chi connectivity index (χ4n) is 1.73. The summed E-state index contributed by atoms with van der Waals surface area (Å²) in [6.07, 6.45) is 4.99. The van der Waals surface area contributed by atoms with Crippen LogP contribution in [0, 0.1) is 0 Å². The Morgan fingerprint density at radius 2 is 1.95 bits per heavy atom. The number of carbonyl (C=O) groups excluding carboxylic acids is 2. The fraction of sp³-hybridized carbons (Fsp3) is 0.533. The Hall–Kier alpha value is -2.11. The molecule has 1 atom stereocenters. The average molecular weight is 292 g/mol. The molecule has 2 amide bonds. The molecule has 0 saturated heterocycles. The van der Waals surface area contributed by atoms with Crippen molar-refractivity contribution in [3.05, 3.63) is 24.0 Å². The maximum absolute atomic E-state index is 12.3. The molecule has 3 N–H and O–H groups in total. The Morgan fingerprint density at radius 1 is 1.24 bits per heavy atom. The van der Waals surface area contributed by atoms with Gasteiger partial charge in [-0.15, -0.1) is 0 Å². The summed E-state index contributed by atoms with van der Waals surface area (Å²) in [6, 6.07) is 1.07. The first-order chi connectivity index (χ1) is 10.1. The summed E-state index contributed by atoms with van der Waals surface area (Å²) in [5.74, 6) is -0.461. The molecule has 0 aliphatic carbocycles. The van der Waals surface area contributed by atoms with Crippen LogP contribution in [-0.2, 0) is 4.79 Å². The minimum absolute atomic E-state index is 0.178. The highest BCUT2D eigenvalue weighted by Crippen LogP contribution is 2.13.